The van der Waals surface area contributed by atoms with Crippen molar-refractivity contribution < 1.29 is 9.63 Å². The highest BCUT2D eigenvalue weighted by molar-refractivity contribution is 5.51. The molecule has 6 nitrogen and oxygen atoms in total. The Labute approximate surface area is 85.8 Å². The maximum absolute atomic E-state index is 9.35. The quantitative estimate of drug-likeness (QED) is 0.740. The summed E-state index contributed by atoms with van der Waals surface area (Å²) >= 11 is 0. The Balaban J connectivity index is 2.28. The van der Waals surface area contributed by atoms with Crippen molar-refractivity contribution in [3.8, 4) is 11.4 Å². The number of hydrogen-bond donors (Lipinski definition) is 2. The van der Waals surface area contributed by atoms with E-state index in [0.717, 1.165) is 5.56 Å². The largest absolute Gasteiger partial charge is 0.382 e. The summed E-state index contributed by atoms with van der Waals surface area (Å²) in [7, 11) is 0. The summed E-state index contributed by atoms with van der Waals surface area (Å²) in [6.07, 6.45) is 2.35. The summed E-state index contributed by atoms with van der Waals surface area (Å²) in [6, 6.07) is 3.57. The van der Waals surface area contributed by atoms with Gasteiger partial charge in [0, 0.05) is 24.5 Å². The second-order valence-electron chi connectivity index (χ2n) is 2.95. The zero-order valence-electron chi connectivity index (χ0n) is 7.87. The summed E-state index contributed by atoms with van der Waals surface area (Å²) < 4.78 is 4.85. The Morgan fingerprint density at radius 3 is 3.07 bits per heavy atom. The minimum atomic E-state index is -0.914. The van der Waals surface area contributed by atoms with Gasteiger partial charge in [0.2, 0.25) is 5.82 Å². The van der Waals surface area contributed by atoms with Crippen LogP contribution in [0.5, 0.6) is 0 Å². The Hall–Kier alpha value is -1.79. The Kier molecular flexibility index (Phi) is 2.70. The van der Waals surface area contributed by atoms with Gasteiger partial charge in [0.1, 0.15) is 6.10 Å². The molecule has 0 spiro atoms. The van der Waals surface area contributed by atoms with Gasteiger partial charge in [-0.05, 0) is 12.1 Å². The van der Waals surface area contributed by atoms with Gasteiger partial charge in [-0.1, -0.05) is 5.16 Å². The summed E-state index contributed by atoms with van der Waals surface area (Å²) in [5.41, 5.74) is 5.99. The minimum Gasteiger partial charge on any atom is -0.382 e. The van der Waals surface area contributed by atoms with E-state index in [4.69, 9.17) is 10.3 Å². The lowest BCUT2D eigenvalue weighted by Crippen LogP contribution is -2.11. The number of hydrogen-bond acceptors (Lipinski definition) is 6. The standard InChI is InChI=1S/C9H10N4O2/c10-4-7(14)9-12-8(13-15-9)6-2-1-3-11-5-6/h1-3,5,7,14H,4,10H2. The third-order valence-electron chi connectivity index (χ3n) is 1.87. The predicted molar refractivity (Wildman–Crippen MR) is 51.5 cm³/mol. The molecule has 2 heterocycles. The SMILES string of the molecule is NCC(O)c1nc(-c2cccnc2)no1. The van der Waals surface area contributed by atoms with E-state index >= 15 is 0 Å². The fourth-order valence-corrected chi connectivity index (χ4v) is 1.08. The first-order chi connectivity index (χ1) is 7.31. The molecule has 1 unspecified atom stereocenters. The van der Waals surface area contributed by atoms with Crippen molar-refractivity contribution in [3.63, 3.8) is 0 Å². The molecule has 3 N–H and O–H groups in total. The smallest absolute Gasteiger partial charge is 0.257 e. The first-order valence-corrected chi connectivity index (χ1v) is 4.43. The first kappa shape index (κ1) is 9.75. The summed E-state index contributed by atoms with van der Waals surface area (Å²) in [4.78, 5) is 7.93. The summed E-state index contributed by atoms with van der Waals surface area (Å²) in [5, 5.41) is 13.1. The molecule has 0 aromatic carbocycles. The van der Waals surface area contributed by atoms with E-state index in [9.17, 15) is 5.11 Å². The van der Waals surface area contributed by atoms with Gasteiger partial charge in [-0.3, -0.25) is 4.98 Å². The number of aliphatic hydroxyl groups is 1. The van der Waals surface area contributed by atoms with Crippen molar-refractivity contribution in [2.75, 3.05) is 6.54 Å². The molecule has 78 valence electrons. The van der Waals surface area contributed by atoms with E-state index < -0.39 is 6.10 Å². The fourth-order valence-electron chi connectivity index (χ4n) is 1.08. The number of pyridine rings is 1. The predicted octanol–water partition coefficient (Wildman–Crippen LogP) is 0.124. The normalized spacial score (nSPS) is 12.7. The highest BCUT2D eigenvalue weighted by Crippen LogP contribution is 2.16. The summed E-state index contributed by atoms with van der Waals surface area (Å²) in [6.45, 7) is 0.0503. The molecule has 15 heavy (non-hydrogen) atoms. The van der Waals surface area contributed by atoms with Crippen molar-refractivity contribution in [3.05, 3.63) is 30.4 Å². The van der Waals surface area contributed by atoms with Crippen LogP contribution < -0.4 is 5.73 Å². The lowest BCUT2D eigenvalue weighted by Gasteiger charge is -1.97. The average Bonchev–Trinajstić information content (AvgIpc) is 2.78. The van der Waals surface area contributed by atoms with Gasteiger partial charge in [0.15, 0.2) is 0 Å². The molecular weight excluding hydrogens is 196 g/mol. The Bertz CT molecular complexity index is 429. The number of nitrogens with two attached hydrogens (primary N) is 1. The van der Waals surface area contributed by atoms with Crippen molar-refractivity contribution in [1.29, 1.82) is 0 Å². The molecule has 0 radical (unpaired) electrons. The first-order valence-electron chi connectivity index (χ1n) is 4.43. The van der Waals surface area contributed by atoms with E-state index in [2.05, 4.69) is 15.1 Å². The van der Waals surface area contributed by atoms with Gasteiger partial charge in [-0.25, -0.2) is 0 Å². The highest BCUT2D eigenvalue weighted by atomic mass is 16.5. The van der Waals surface area contributed by atoms with Gasteiger partial charge in [-0.15, -0.1) is 0 Å². The molecule has 0 fully saturated rings. The molecule has 0 aliphatic carbocycles. The monoisotopic (exact) mass is 206 g/mol. The van der Waals surface area contributed by atoms with Crippen molar-refractivity contribution >= 4 is 0 Å². The Morgan fingerprint density at radius 1 is 1.53 bits per heavy atom. The second kappa shape index (κ2) is 4.16. The van der Waals surface area contributed by atoms with Crippen LogP contribution in [0.15, 0.2) is 29.0 Å². The van der Waals surface area contributed by atoms with E-state index in [1.54, 1.807) is 24.5 Å². The number of aliphatic hydroxyl groups excluding tert-OH is 1. The van der Waals surface area contributed by atoms with Crippen LogP contribution in [0.2, 0.25) is 0 Å². The van der Waals surface area contributed by atoms with Crippen LogP contribution in [0.1, 0.15) is 12.0 Å². The van der Waals surface area contributed by atoms with Gasteiger partial charge in [0.25, 0.3) is 5.89 Å². The van der Waals surface area contributed by atoms with Crippen LogP contribution in [-0.2, 0) is 0 Å². The van der Waals surface area contributed by atoms with Crippen LogP contribution in [0.25, 0.3) is 11.4 Å². The molecular formula is C9H10N4O2. The van der Waals surface area contributed by atoms with Crippen molar-refractivity contribution in [1.82, 2.24) is 15.1 Å². The van der Waals surface area contributed by atoms with Crippen LogP contribution in [-0.4, -0.2) is 26.8 Å². The van der Waals surface area contributed by atoms with Crippen LogP contribution in [0.4, 0.5) is 0 Å². The van der Waals surface area contributed by atoms with E-state index in [-0.39, 0.29) is 12.4 Å². The third kappa shape index (κ3) is 2.00. The van der Waals surface area contributed by atoms with Gasteiger partial charge in [0.05, 0.1) is 0 Å². The molecule has 0 aliphatic rings. The molecule has 0 saturated heterocycles. The van der Waals surface area contributed by atoms with Crippen molar-refractivity contribution in [2.24, 2.45) is 5.73 Å². The van der Waals surface area contributed by atoms with E-state index in [0.29, 0.717) is 5.82 Å². The maximum Gasteiger partial charge on any atom is 0.257 e. The topological polar surface area (TPSA) is 98.1 Å². The van der Waals surface area contributed by atoms with Gasteiger partial charge in [-0.2, -0.15) is 4.98 Å². The Morgan fingerprint density at radius 2 is 2.40 bits per heavy atom. The van der Waals surface area contributed by atoms with E-state index in [1.807, 2.05) is 0 Å². The molecule has 2 aromatic rings. The second-order valence-corrected chi connectivity index (χ2v) is 2.95. The molecule has 0 saturated carbocycles. The number of aromatic nitrogens is 3. The minimum absolute atomic E-state index is 0.0503. The van der Waals surface area contributed by atoms with Crippen LogP contribution in [0.3, 0.4) is 0 Å². The van der Waals surface area contributed by atoms with E-state index in [1.165, 1.54) is 0 Å². The van der Waals surface area contributed by atoms with Crippen molar-refractivity contribution in [2.45, 2.75) is 6.10 Å². The fraction of sp³-hybridized carbons (Fsp3) is 0.222. The summed E-state index contributed by atoms with van der Waals surface area (Å²) in [5.74, 6) is 0.516. The maximum atomic E-state index is 9.35. The molecule has 6 heteroatoms. The van der Waals surface area contributed by atoms with Crippen LogP contribution >= 0.6 is 0 Å². The van der Waals surface area contributed by atoms with Gasteiger partial charge >= 0.3 is 0 Å². The molecule has 0 bridgehead atoms. The van der Waals surface area contributed by atoms with Crippen LogP contribution in [0, 0.1) is 0 Å². The zero-order valence-corrected chi connectivity index (χ0v) is 7.87. The molecule has 2 rings (SSSR count). The number of rotatable bonds is 3. The zero-order chi connectivity index (χ0) is 10.7. The number of nitrogens with zero attached hydrogens (tertiary/aromatic N) is 3. The molecule has 2 aromatic heterocycles. The highest BCUT2D eigenvalue weighted by Gasteiger charge is 2.14. The molecule has 0 amide bonds. The lowest BCUT2D eigenvalue weighted by atomic mass is 10.3. The van der Waals surface area contributed by atoms with Gasteiger partial charge < -0.3 is 15.4 Å². The third-order valence-corrected chi connectivity index (χ3v) is 1.87. The molecule has 0 aliphatic heterocycles. The molecule has 1 atom stereocenters. The average molecular weight is 206 g/mol. The lowest BCUT2D eigenvalue weighted by molar-refractivity contribution is 0.141.